The number of nitrogens with one attached hydrogen (secondary N) is 1. The van der Waals surface area contributed by atoms with Crippen molar-refractivity contribution >= 4 is 22.7 Å². The van der Waals surface area contributed by atoms with Crippen molar-refractivity contribution in [3.8, 4) is 5.75 Å². The number of fused-ring (bicyclic) bond motifs is 1. The van der Waals surface area contributed by atoms with Crippen molar-refractivity contribution in [2.45, 2.75) is 46.2 Å². The van der Waals surface area contributed by atoms with Crippen molar-refractivity contribution in [2.75, 3.05) is 20.3 Å². The summed E-state index contributed by atoms with van der Waals surface area (Å²) in [6, 6.07) is 5.75. The first-order chi connectivity index (χ1) is 13.1. The van der Waals surface area contributed by atoms with Crippen LogP contribution in [0.2, 0.25) is 0 Å². The lowest BCUT2D eigenvalue weighted by molar-refractivity contribution is 0.276. The van der Waals surface area contributed by atoms with Gasteiger partial charge in [-0.2, -0.15) is 0 Å². The Morgan fingerprint density at radius 2 is 1.81 bits per heavy atom. The molecule has 6 heteroatoms. The van der Waals surface area contributed by atoms with Crippen molar-refractivity contribution in [1.29, 1.82) is 0 Å². The molecule has 2 atom stereocenters. The number of ether oxygens (including phenoxy) is 3. The maximum atomic E-state index is 5.86. The second-order valence-electron chi connectivity index (χ2n) is 6.93. The molecule has 1 aliphatic heterocycles. The zero-order chi connectivity index (χ0) is 19.4. The maximum absolute atomic E-state index is 5.86. The van der Waals surface area contributed by atoms with Gasteiger partial charge in [-0.25, -0.2) is 9.98 Å². The van der Waals surface area contributed by atoms with Crippen LogP contribution in [0.3, 0.4) is 0 Å². The highest BCUT2D eigenvalue weighted by Gasteiger charge is 2.32. The van der Waals surface area contributed by atoms with Gasteiger partial charge in [-0.05, 0) is 43.5 Å². The van der Waals surface area contributed by atoms with Gasteiger partial charge in [0, 0.05) is 23.5 Å². The summed E-state index contributed by atoms with van der Waals surface area (Å²) in [5.41, 5.74) is 2.23. The molecule has 3 rings (SSSR count). The van der Waals surface area contributed by atoms with Crippen molar-refractivity contribution in [2.24, 2.45) is 15.9 Å². The van der Waals surface area contributed by atoms with Gasteiger partial charge in [0.2, 0.25) is 11.8 Å². The van der Waals surface area contributed by atoms with E-state index in [1.165, 1.54) is 0 Å². The predicted octanol–water partition coefficient (Wildman–Crippen LogP) is 4.00. The molecule has 1 N–H and O–H groups in total. The number of rotatable bonds is 6. The molecule has 1 aromatic carbocycles. The molecule has 0 unspecified atom stereocenters. The normalized spacial score (nSPS) is 19.8. The molecule has 0 radical (unpaired) electrons. The molecule has 6 nitrogen and oxygen atoms in total. The number of hydrogen-bond donors (Lipinski definition) is 1. The van der Waals surface area contributed by atoms with Crippen LogP contribution in [-0.4, -0.2) is 49.2 Å². The van der Waals surface area contributed by atoms with E-state index in [2.05, 4.69) is 18.8 Å². The Balaban J connectivity index is 1.94. The van der Waals surface area contributed by atoms with Crippen LogP contribution in [0.25, 0.3) is 10.9 Å². The van der Waals surface area contributed by atoms with Gasteiger partial charge in [0.15, 0.2) is 0 Å². The van der Waals surface area contributed by atoms with E-state index in [4.69, 9.17) is 24.2 Å². The van der Waals surface area contributed by atoms with Crippen molar-refractivity contribution < 1.29 is 14.2 Å². The number of benzene rings is 1. The van der Waals surface area contributed by atoms with Gasteiger partial charge in [-0.3, -0.25) is 0 Å². The van der Waals surface area contributed by atoms with Gasteiger partial charge in [0.1, 0.15) is 17.8 Å². The largest absolute Gasteiger partial charge is 0.497 e. The van der Waals surface area contributed by atoms with Crippen molar-refractivity contribution in [3.63, 3.8) is 0 Å². The van der Waals surface area contributed by atoms with Gasteiger partial charge >= 0.3 is 0 Å². The topological polar surface area (TPSA) is 68.2 Å². The molecule has 0 spiro atoms. The van der Waals surface area contributed by atoms with Crippen LogP contribution in [0, 0.1) is 5.92 Å². The molecule has 2 heterocycles. The van der Waals surface area contributed by atoms with E-state index < -0.39 is 0 Å². The number of aliphatic imine (C=N–C) groups is 2. The first-order valence-corrected chi connectivity index (χ1v) is 9.62. The molecule has 146 valence electrons. The molecule has 1 aliphatic rings. The summed E-state index contributed by atoms with van der Waals surface area (Å²) < 4.78 is 17.1. The van der Waals surface area contributed by atoms with Crippen LogP contribution in [0.5, 0.6) is 5.75 Å². The van der Waals surface area contributed by atoms with Crippen LogP contribution >= 0.6 is 0 Å². The molecule has 0 fully saturated rings. The van der Waals surface area contributed by atoms with Crippen LogP contribution in [0.1, 0.15) is 33.3 Å². The van der Waals surface area contributed by atoms with E-state index in [0.29, 0.717) is 37.3 Å². The number of aromatic amines is 1. The first kappa shape index (κ1) is 19.3. The Morgan fingerprint density at radius 3 is 2.48 bits per heavy atom. The van der Waals surface area contributed by atoms with E-state index in [1.54, 1.807) is 7.11 Å². The summed E-state index contributed by atoms with van der Waals surface area (Å²) in [7, 11) is 1.68. The van der Waals surface area contributed by atoms with Crippen molar-refractivity contribution in [3.05, 3.63) is 30.0 Å². The Morgan fingerprint density at radius 1 is 1.07 bits per heavy atom. The number of aromatic nitrogens is 1. The average molecular weight is 371 g/mol. The summed E-state index contributed by atoms with van der Waals surface area (Å²) in [4.78, 5) is 13.1. The van der Waals surface area contributed by atoms with Crippen LogP contribution in [0.15, 0.2) is 34.4 Å². The number of hydrogen-bond acceptors (Lipinski definition) is 5. The number of nitrogens with zero attached hydrogens (tertiary/aromatic N) is 2. The SMILES string of the molecule is CCOC1=N[C@H](Cc2c[nH]c3ccc(OC)cc23)C(OCC)=N[C@H]1C(C)C. The third-order valence-electron chi connectivity index (χ3n) is 4.69. The molecule has 0 amide bonds. The molecule has 2 aromatic rings. The van der Waals surface area contributed by atoms with Gasteiger partial charge in [0.05, 0.1) is 20.3 Å². The van der Waals surface area contributed by atoms with Crippen molar-refractivity contribution in [1.82, 2.24) is 4.98 Å². The van der Waals surface area contributed by atoms with Gasteiger partial charge in [-0.15, -0.1) is 0 Å². The second kappa shape index (κ2) is 8.46. The highest BCUT2D eigenvalue weighted by Crippen LogP contribution is 2.27. The quantitative estimate of drug-likeness (QED) is 0.835. The molecule has 0 saturated heterocycles. The lowest BCUT2D eigenvalue weighted by Gasteiger charge is -2.28. The van der Waals surface area contributed by atoms with E-state index >= 15 is 0 Å². The fourth-order valence-electron chi connectivity index (χ4n) is 3.34. The number of methoxy groups -OCH3 is 1. The van der Waals surface area contributed by atoms with Gasteiger partial charge < -0.3 is 19.2 Å². The smallest absolute Gasteiger partial charge is 0.210 e. The van der Waals surface area contributed by atoms with Crippen LogP contribution in [-0.2, 0) is 15.9 Å². The van der Waals surface area contributed by atoms with Crippen LogP contribution in [0.4, 0.5) is 0 Å². The Kier molecular flexibility index (Phi) is 6.04. The Hall–Kier alpha value is -2.50. The lowest BCUT2D eigenvalue weighted by atomic mass is 10.00. The third-order valence-corrected chi connectivity index (χ3v) is 4.69. The molecule has 27 heavy (non-hydrogen) atoms. The first-order valence-electron chi connectivity index (χ1n) is 9.62. The summed E-state index contributed by atoms with van der Waals surface area (Å²) >= 11 is 0. The minimum absolute atomic E-state index is 0.0918. The molecular weight excluding hydrogens is 342 g/mol. The van der Waals surface area contributed by atoms with E-state index in [1.807, 2.05) is 38.2 Å². The highest BCUT2D eigenvalue weighted by atomic mass is 16.5. The van der Waals surface area contributed by atoms with Crippen LogP contribution < -0.4 is 4.74 Å². The fraction of sp³-hybridized carbons (Fsp3) is 0.524. The predicted molar refractivity (Wildman–Crippen MR) is 109 cm³/mol. The average Bonchev–Trinajstić information content (AvgIpc) is 3.05. The minimum atomic E-state index is -0.188. The maximum Gasteiger partial charge on any atom is 0.210 e. The molecule has 0 saturated carbocycles. The Labute approximate surface area is 160 Å². The van der Waals surface area contributed by atoms with Gasteiger partial charge in [0.25, 0.3) is 0 Å². The fourth-order valence-corrected chi connectivity index (χ4v) is 3.34. The zero-order valence-electron chi connectivity index (χ0n) is 16.8. The molecular formula is C21H29N3O3. The summed E-state index contributed by atoms with van der Waals surface area (Å²) in [6.07, 6.45) is 2.71. The highest BCUT2D eigenvalue weighted by molar-refractivity contribution is 5.95. The monoisotopic (exact) mass is 371 g/mol. The van der Waals surface area contributed by atoms with Gasteiger partial charge in [-0.1, -0.05) is 13.8 Å². The molecule has 0 aliphatic carbocycles. The second-order valence-corrected chi connectivity index (χ2v) is 6.93. The Bertz CT molecular complexity index is 838. The zero-order valence-corrected chi connectivity index (χ0v) is 16.8. The lowest BCUT2D eigenvalue weighted by Crippen LogP contribution is -2.39. The number of H-pyrrole nitrogens is 1. The molecule has 0 bridgehead atoms. The third kappa shape index (κ3) is 4.10. The standard InChI is InChI=1S/C21H29N3O3/c1-6-26-20-18(23-21(27-7-2)19(24-20)13(3)4)10-14-12-22-17-9-8-15(25-5)11-16(14)17/h8-9,11-13,18-19,22H,6-7,10H2,1-5H3/t18-,19+/m1/s1. The van der Waals surface area contributed by atoms with E-state index in [9.17, 15) is 0 Å². The minimum Gasteiger partial charge on any atom is -0.497 e. The molecule has 1 aromatic heterocycles. The van der Waals surface area contributed by atoms with E-state index in [-0.39, 0.29) is 12.1 Å². The summed E-state index contributed by atoms with van der Waals surface area (Å²) in [6.45, 7) is 9.35. The van der Waals surface area contributed by atoms with E-state index in [0.717, 1.165) is 22.2 Å². The summed E-state index contributed by atoms with van der Waals surface area (Å²) in [5, 5.41) is 1.13. The summed E-state index contributed by atoms with van der Waals surface area (Å²) in [5.74, 6) is 2.53.